The third-order valence-corrected chi connectivity index (χ3v) is 3.10. The summed E-state index contributed by atoms with van der Waals surface area (Å²) in [4.78, 5) is 13.9. The van der Waals surface area contributed by atoms with Crippen molar-refractivity contribution in [1.82, 2.24) is 4.90 Å². The van der Waals surface area contributed by atoms with E-state index in [9.17, 15) is 4.79 Å². The van der Waals surface area contributed by atoms with Gasteiger partial charge in [0.25, 0.3) is 5.91 Å². The Hall–Kier alpha value is -1.35. The number of aliphatic hydroxyl groups excluding tert-OH is 1. The van der Waals surface area contributed by atoms with Crippen LogP contribution in [0.15, 0.2) is 24.3 Å². The smallest absolute Gasteiger partial charge is 0.253 e. The second-order valence-electron chi connectivity index (χ2n) is 4.46. The maximum Gasteiger partial charge on any atom is 0.253 e. The molecule has 1 aromatic carbocycles. The molecule has 0 radical (unpaired) electrons. The standard InChI is InChI=1S/C13H17NO2/c1-10-3-2-4-12(7-10)13(16)14-6-5-11(8-14)9-15/h2-4,7,11,15H,5-6,8-9H2,1H3/t11-/m1/s1. The topological polar surface area (TPSA) is 40.5 Å². The van der Waals surface area contributed by atoms with Gasteiger partial charge in [-0.05, 0) is 25.5 Å². The summed E-state index contributed by atoms with van der Waals surface area (Å²) in [5, 5.41) is 9.04. The fourth-order valence-corrected chi connectivity index (χ4v) is 2.13. The van der Waals surface area contributed by atoms with Crippen molar-refractivity contribution in [2.75, 3.05) is 19.7 Å². The fourth-order valence-electron chi connectivity index (χ4n) is 2.13. The Morgan fingerprint density at radius 1 is 1.56 bits per heavy atom. The third kappa shape index (κ3) is 2.25. The van der Waals surface area contributed by atoms with Crippen molar-refractivity contribution in [3.63, 3.8) is 0 Å². The molecule has 0 aromatic heterocycles. The minimum Gasteiger partial charge on any atom is -0.396 e. The van der Waals surface area contributed by atoms with Crippen molar-refractivity contribution in [2.45, 2.75) is 13.3 Å². The van der Waals surface area contributed by atoms with E-state index in [1.165, 1.54) is 0 Å². The Balaban J connectivity index is 2.08. The van der Waals surface area contributed by atoms with Crippen LogP contribution in [0.1, 0.15) is 22.3 Å². The van der Waals surface area contributed by atoms with Crippen LogP contribution in [0, 0.1) is 12.8 Å². The van der Waals surface area contributed by atoms with Crippen molar-refractivity contribution in [3.05, 3.63) is 35.4 Å². The van der Waals surface area contributed by atoms with Gasteiger partial charge < -0.3 is 10.0 Å². The maximum absolute atomic E-state index is 12.1. The van der Waals surface area contributed by atoms with E-state index in [1.807, 2.05) is 36.1 Å². The fraction of sp³-hybridized carbons (Fsp3) is 0.462. The summed E-state index contributed by atoms with van der Waals surface area (Å²) in [6, 6.07) is 7.65. The van der Waals surface area contributed by atoms with E-state index in [-0.39, 0.29) is 18.4 Å². The first kappa shape index (κ1) is 11.1. The monoisotopic (exact) mass is 219 g/mol. The molecular weight excluding hydrogens is 202 g/mol. The number of aliphatic hydroxyl groups is 1. The van der Waals surface area contributed by atoms with E-state index in [1.54, 1.807) is 0 Å². The molecule has 2 rings (SSSR count). The number of carbonyl (C=O) groups is 1. The number of carbonyl (C=O) groups excluding carboxylic acids is 1. The van der Waals surface area contributed by atoms with Crippen molar-refractivity contribution < 1.29 is 9.90 Å². The van der Waals surface area contributed by atoms with Gasteiger partial charge in [0.05, 0.1) is 0 Å². The Morgan fingerprint density at radius 3 is 3.00 bits per heavy atom. The molecule has 1 fully saturated rings. The molecule has 3 nitrogen and oxygen atoms in total. The van der Waals surface area contributed by atoms with Crippen LogP contribution in [-0.2, 0) is 0 Å². The van der Waals surface area contributed by atoms with Gasteiger partial charge in [0.1, 0.15) is 0 Å². The first-order chi connectivity index (χ1) is 7.70. The molecule has 0 bridgehead atoms. The molecule has 0 unspecified atom stereocenters. The summed E-state index contributed by atoms with van der Waals surface area (Å²) in [6.45, 7) is 3.61. The van der Waals surface area contributed by atoms with Crippen LogP contribution in [0.25, 0.3) is 0 Å². The van der Waals surface area contributed by atoms with E-state index >= 15 is 0 Å². The summed E-state index contributed by atoms with van der Waals surface area (Å²) in [5.41, 5.74) is 1.85. The van der Waals surface area contributed by atoms with E-state index in [2.05, 4.69) is 0 Å². The lowest BCUT2D eigenvalue weighted by Gasteiger charge is -2.16. The van der Waals surface area contributed by atoms with Gasteiger partial charge in [-0.2, -0.15) is 0 Å². The second-order valence-corrected chi connectivity index (χ2v) is 4.46. The zero-order valence-corrected chi connectivity index (χ0v) is 9.52. The first-order valence-electron chi connectivity index (χ1n) is 5.67. The molecule has 1 aromatic rings. The summed E-state index contributed by atoms with van der Waals surface area (Å²) in [7, 11) is 0. The van der Waals surface area contributed by atoms with E-state index in [0.717, 1.165) is 24.1 Å². The zero-order valence-electron chi connectivity index (χ0n) is 9.52. The summed E-state index contributed by atoms with van der Waals surface area (Å²) < 4.78 is 0. The lowest BCUT2D eigenvalue weighted by Crippen LogP contribution is -2.29. The number of rotatable bonds is 2. The molecule has 1 amide bonds. The highest BCUT2D eigenvalue weighted by molar-refractivity contribution is 5.94. The van der Waals surface area contributed by atoms with Crippen LogP contribution in [0.2, 0.25) is 0 Å². The van der Waals surface area contributed by atoms with Crippen LogP contribution < -0.4 is 0 Å². The van der Waals surface area contributed by atoms with Crippen LogP contribution in [0.3, 0.4) is 0 Å². The lowest BCUT2D eigenvalue weighted by atomic mass is 10.1. The average molecular weight is 219 g/mol. The van der Waals surface area contributed by atoms with Gasteiger partial charge in [-0.3, -0.25) is 4.79 Å². The number of aryl methyl sites for hydroxylation is 1. The van der Waals surface area contributed by atoms with Gasteiger partial charge in [-0.1, -0.05) is 17.7 Å². The highest BCUT2D eigenvalue weighted by atomic mass is 16.3. The minimum atomic E-state index is 0.0830. The molecule has 1 heterocycles. The van der Waals surface area contributed by atoms with E-state index < -0.39 is 0 Å². The molecule has 1 saturated heterocycles. The average Bonchev–Trinajstić information content (AvgIpc) is 2.76. The Morgan fingerprint density at radius 2 is 2.38 bits per heavy atom. The second kappa shape index (κ2) is 4.66. The van der Waals surface area contributed by atoms with Gasteiger partial charge >= 0.3 is 0 Å². The van der Waals surface area contributed by atoms with Crippen LogP contribution in [-0.4, -0.2) is 35.6 Å². The van der Waals surface area contributed by atoms with Gasteiger partial charge in [-0.15, -0.1) is 0 Å². The molecule has 3 heteroatoms. The molecule has 1 N–H and O–H groups in total. The Bertz CT molecular complexity index is 389. The van der Waals surface area contributed by atoms with Crippen LogP contribution in [0.4, 0.5) is 0 Å². The molecule has 1 atom stereocenters. The number of hydrogen-bond donors (Lipinski definition) is 1. The van der Waals surface area contributed by atoms with Gasteiger partial charge in [-0.25, -0.2) is 0 Å². The van der Waals surface area contributed by atoms with Crippen LogP contribution >= 0.6 is 0 Å². The van der Waals surface area contributed by atoms with Gasteiger partial charge in [0.15, 0.2) is 0 Å². The van der Waals surface area contributed by atoms with Gasteiger partial charge in [0.2, 0.25) is 0 Å². The molecule has 86 valence electrons. The Labute approximate surface area is 95.7 Å². The predicted octanol–water partition coefficient (Wildman–Crippen LogP) is 1.45. The molecule has 1 aliphatic rings. The Kier molecular flexibility index (Phi) is 3.25. The zero-order chi connectivity index (χ0) is 11.5. The van der Waals surface area contributed by atoms with E-state index in [4.69, 9.17) is 5.11 Å². The summed E-state index contributed by atoms with van der Waals surface area (Å²) in [5.74, 6) is 0.341. The minimum absolute atomic E-state index is 0.0830. The normalized spacial score (nSPS) is 20.1. The highest BCUT2D eigenvalue weighted by Crippen LogP contribution is 2.18. The largest absolute Gasteiger partial charge is 0.396 e. The lowest BCUT2D eigenvalue weighted by molar-refractivity contribution is 0.0782. The number of amides is 1. The van der Waals surface area contributed by atoms with Crippen LogP contribution in [0.5, 0.6) is 0 Å². The molecule has 0 spiro atoms. The molecule has 0 aliphatic carbocycles. The van der Waals surface area contributed by atoms with Crippen molar-refractivity contribution in [1.29, 1.82) is 0 Å². The number of likely N-dealkylation sites (tertiary alicyclic amines) is 1. The quantitative estimate of drug-likeness (QED) is 0.818. The number of hydrogen-bond acceptors (Lipinski definition) is 2. The number of benzene rings is 1. The van der Waals surface area contributed by atoms with Gasteiger partial charge in [0, 0.05) is 31.2 Å². The molecule has 0 saturated carbocycles. The summed E-state index contributed by atoms with van der Waals surface area (Å²) in [6.07, 6.45) is 0.911. The number of nitrogens with zero attached hydrogens (tertiary/aromatic N) is 1. The summed E-state index contributed by atoms with van der Waals surface area (Å²) >= 11 is 0. The predicted molar refractivity (Wildman–Crippen MR) is 62.3 cm³/mol. The SMILES string of the molecule is Cc1cccc(C(=O)N2CC[C@@H](CO)C2)c1. The van der Waals surface area contributed by atoms with E-state index in [0.29, 0.717) is 6.54 Å². The van der Waals surface area contributed by atoms with Crippen molar-refractivity contribution in [2.24, 2.45) is 5.92 Å². The molecular formula is C13H17NO2. The maximum atomic E-state index is 12.1. The molecule has 16 heavy (non-hydrogen) atoms. The first-order valence-corrected chi connectivity index (χ1v) is 5.67. The molecule has 1 aliphatic heterocycles. The van der Waals surface area contributed by atoms with Crippen molar-refractivity contribution in [3.8, 4) is 0 Å². The third-order valence-electron chi connectivity index (χ3n) is 3.10. The highest BCUT2D eigenvalue weighted by Gasteiger charge is 2.26. The van der Waals surface area contributed by atoms with Crippen molar-refractivity contribution >= 4 is 5.91 Å².